The second-order valence-electron chi connectivity index (χ2n) is 3.63. The zero-order chi connectivity index (χ0) is 15.8. The van der Waals surface area contributed by atoms with Crippen LogP contribution >= 0.6 is 22.9 Å². The van der Waals surface area contributed by atoms with Crippen molar-refractivity contribution in [2.45, 2.75) is 9.24 Å². The number of aromatic nitrogens is 1. The molecule has 0 aliphatic carbocycles. The Labute approximate surface area is 125 Å². The fraction of sp³-hybridized carbons (Fsp3) is 0. The van der Waals surface area contributed by atoms with Gasteiger partial charge in [-0.25, -0.2) is 27.0 Å². The van der Waals surface area contributed by atoms with E-state index in [4.69, 9.17) is 16.7 Å². The van der Waals surface area contributed by atoms with Crippen molar-refractivity contribution in [2.24, 2.45) is 0 Å². The molecule has 1 heterocycles. The maximum absolute atomic E-state index is 13.6. The van der Waals surface area contributed by atoms with E-state index in [-0.39, 0.29) is 5.82 Å². The number of thiazole rings is 1. The molecular weight excluding hydrogens is 350 g/mol. The molecule has 0 saturated carbocycles. The molecule has 11 heteroatoms. The average molecular weight is 355 g/mol. The Morgan fingerprint density at radius 1 is 1.33 bits per heavy atom. The normalized spacial score (nSPS) is 11.4. The summed E-state index contributed by atoms with van der Waals surface area (Å²) in [5.74, 6) is -2.64. The Morgan fingerprint density at radius 2 is 2.00 bits per heavy atom. The number of carboxylic acid groups (broad SMARTS) is 1. The highest BCUT2D eigenvalue weighted by molar-refractivity contribution is 7.93. The molecule has 0 fully saturated rings. The summed E-state index contributed by atoms with van der Waals surface area (Å²) >= 11 is 6.02. The maximum Gasteiger partial charge on any atom is 0.410 e. The first-order valence-electron chi connectivity index (χ1n) is 5.07. The van der Waals surface area contributed by atoms with E-state index in [1.807, 2.05) is 5.32 Å². The van der Waals surface area contributed by atoms with Crippen LogP contribution in [0.2, 0.25) is 5.02 Å². The summed E-state index contributed by atoms with van der Waals surface area (Å²) in [7, 11) is -4.38. The molecule has 1 amide bonds. The summed E-state index contributed by atoms with van der Waals surface area (Å²) in [6.45, 7) is 0. The summed E-state index contributed by atoms with van der Waals surface area (Å²) in [4.78, 5) is 13.1. The molecule has 6 nitrogen and oxygen atoms in total. The zero-order valence-electron chi connectivity index (χ0n) is 9.80. The van der Waals surface area contributed by atoms with Gasteiger partial charge in [-0.15, -0.1) is 11.3 Å². The Bertz CT molecular complexity index is 822. The van der Waals surface area contributed by atoms with Crippen LogP contribution < -0.4 is 5.32 Å². The van der Waals surface area contributed by atoms with Crippen molar-refractivity contribution in [3.05, 3.63) is 34.2 Å². The van der Waals surface area contributed by atoms with Gasteiger partial charge in [-0.2, -0.15) is 0 Å². The molecule has 21 heavy (non-hydrogen) atoms. The number of anilines is 1. The second kappa shape index (κ2) is 5.54. The van der Waals surface area contributed by atoms with Gasteiger partial charge in [0, 0.05) is 11.4 Å². The number of nitrogens with zero attached hydrogens (tertiary/aromatic N) is 1. The Morgan fingerprint density at radius 3 is 2.62 bits per heavy atom. The van der Waals surface area contributed by atoms with Crippen LogP contribution in [0.5, 0.6) is 0 Å². The lowest BCUT2D eigenvalue weighted by Gasteiger charge is -2.04. The quantitative estimate of drug-likeness (QED) is 0.652. The summed E-state index contributed by atoms with van der Waals surface area (Å²) < 4.78 is 50.5. The predicted octanol–water partition coefficient (Wildman–Crippen LogP) is 3.00. The van der Waals surface area contributed by atoms with Crippen LogP contribution in [0, 0.1) is 11.6 Å². The largest absolute Gasteiger partial charge is 0.465 e. The number of nitrogens with one attached hydrogen (secondary N) is 1. The number of rotatable bonds is 3. The monoisotopic (exact) mass is 354 g/mol. The third-order valence-corrected chi connectivity index (χ3v) is 5.53. The number of benzene rings is 1. The molecule has 0 aliphatic rings. The van der Waals surface area contributed by atoms with E-state index in [0.29, 0.717) is 23.5 Å². The molecule has 1 aromatic heterocycles. The van der Waals surface area contributed by atoms with E-state index >= 15 is 0 Å². The third kappa shape index (κ3) is 3.12. The molecule has 112 valence electrons. The van der Waals surface area contributed by atoms with E-state index in [1.54, 1.807) is 0 Å². The minimum Gasteiger partial charge on any atom is -0.465 e. The molecule has 0 spiro atoms. The van der Waals surface area contributed by atoms with E-state index in [2.05, 4.69) is 4.98 Å². The Hall–Kier alpha value is -1.78. The zero-order valence-corrected chi connectivity index (χ0v) is 12.2. The van der Waals surface area contributed by atoms with Gasteiger partial charge in [0.25, 0.3) is 0 Å². The van der Waals surface area contributed by atoms with Crippen LogP contribution in [0.15, 0.2) is 26.7 Å². The molecule has 0 atom stereocenters. The first kappa shape index (κ1) is 15.6. The van der Waals surface area contributed by atoms with Crippen LogP contribution in [0.4, 0.5) is 19.4 Å². The van der Waals surface area contributed by atoms with Crippen molar-refractivity contribution in [2.75, 3.05) is 5.32 Å². The third-order valence-electron chi connectivity index (χ3n) is 2.21. The summed E-state index contributed by atoms with van der Waals surface area (Å²) in [6.07, 6.45) is -1.43. The lowest BCUT2D eigenvalue weighted by Crippen LogP contribution is -2.09. The van der Waals surface area contributed by atoms with Gasteiger partial charge in [0.05, 0.1) is 5.02 Å². The molecule has 2 N–H and O–H groups in total. The fourth-order valence-corrected chi connectivity index (χ4v) is 3.97. The fourth-order valence-electron chi connectivity index (χ4n) is 1.35. The van der Waals surface area contributed by atoms with Gasteiger partial charge >= 0.3 is 6.09 Å². The number of hydrogen-bond donors (Lipinski definition) is 2. The molecule has 0 unspecified atom stereocenters. The second-order valence-corrected chi connectivity index (χ2v) is 6.99. The van der Waals surface area contributed by atoms with Gasteiger partial charge in [-0.05, 0) is 6.07 Å². The molecule has 0 saturated heterocycles. The first-order chi connectivity index (χ1) is 9.71. The molecule has 2 aromatic rings. The molecule has 0 bridgehead atoms. The highest BCUT2D eigenvalue weighted by Gasteiger charge is 2.27. The van der Waals surface area contributed by atoms with Crippen molar-refractivity contribution >= 4 is 44.7 Å². The van der Waals surface area contributed by atoms with Crippen molar-refractivity contribution in [1.82, 2.24) is 4.98 Å². The number of sulfone groups is 1. The molecule has 0 aliphatic heterocycles. The van der Waals surface area contributed by atoms with Gasteiger partial charge in [0.2, 0.25) is 14.2 Å². The standard InChI is InChI=1S/C10H5ClF2N2O4S2/c11-4-1-7(6(13)2-5(4)12)21(18,19)10-15-8(3-20-10)14-9(16)17/h1-3,14H,(H,16,17). The van der Waals surface area contributed by atoms with Crippen LogP contribution in [0.1, 0.15) is 0 Å². The van der Waals surface area contributed by atoms with Crippen molar-refractivity contribution in [3.8, 4) is 0 Å². The summed E-state index contributed by atoms with van der Waals surface area (Å²) in [5.41, 5.74) is 0. The highest BCUT2D eigenvalue weighted by Crippen LogP contribution is 2.30. The lowest BCUT2D eigenvalue weighted by atomic mass is 10.3. The lowest BCUT2D eigenvalue weighted by molar-refractivity contribution is 0.209. The number of halogens is 3. The summed E-state index contributed by atoms with van der Waals surface area (Å²) in [6, 6.07) is 0.979. The first-order valence-corrected chi connectivity index (χ1v) is 7.81. The number of amides is 1. The van der Waals surface area contributed by atoms with Gasteiger partial charge in [0.1, 0.15) is 22.3 Å². The predicted molar refractivity (Wildman–Crippen MR) is 70.6 cm³/mol. The van der Waals surface area contributed by atoms with Crippen LogP contribution in [-0.4, -0.2) is 24.6 Å². The molecule has 1 aromatic carbocycles. The summed E-state index contributed by atoms with van der Waals surface area (Å²) in [5, 5.41) is 10.9. The number of carbonyl (C=O) groups is 1. The Balaban J connectivity index is 2.50. The molecule has 2 rings (SSSR count). The minimum atomic E-state index is -4.38. The Kier molecular flexibility index (Phi) is 4.12. The van der Waals surface area contributed by atoms with E-state index in [0.717, 1.165) is 5.38 Å². The van der Waals surface area contributed by atoms with E-state index < -0.39 is 41.8 Å². The number of hydrogen-bond acceptors (Lipinski definition) is 5. The average Bonchev–Trinajstić information content (AvgIpc) is 2.81. The van der Waals surface area contributed by atoms with Gasteiger partial charge < -0.3 is 5.11 Å². The van der Waals surface area contributed by atoms with Gasteiger partial charge in [-0.3, -0.25) is 5.32 Å². The topological polar surface area (TPSA) is 96.4 Å². The van der Waals surface area contributed by atoms with Gasteiger partial charge in [-0.1, -0.05) is 11.6 Å². The van der Waals surface area contributed by atoms with Crippen LogP contribution in [0.25, 0.3) is 0 Å². The maximum atomic E-state index is 13.6. The molecule has 0 radical (unpaired) electrons. The van der Waals surface area contributed by atoms with Crippen molar-refractivity contribution in [1.29, 1.82) is 0 Å². The smallest absolute Gasteiger partial charge is 0.410 e. The van der Waals surface area contributed by atoms with Crippen molar-refractivity contribution < 1.29 is 27.1 Å². The van der Waals surface area contributed by atoms with Crippen LogP contribution in [-0.2, 0) is 9.84 Å². The van der Waals surface area contributed by atoms with Gasteiger partial charge in [0.15, 0.2) is 0 Å². The molecular formula is C10H5ClF2N2O4S2. The van der Waals surface area contributed by atoms with Crippen LogP contribution in [0.3, 0.4) is 0 Å². The highest BCUT2D eigenvalue weighted by atomic mass is 35.5. The van der Waals surface area contributed by atoms with E-state index in [1.165, 1.54) is 0 Å². The minimum absolute atomic E-state index is 0.223. The SMILES string of the molecule is O=C(O)Nc1csc(S(=O)(=O)c2cc(Cl)c(F)cc2F)n1. The van der Waals surface area contributed by atoms with E-state index in [9.17, 15) is 22.0 Å². The van der Waals surface area contributed by atoms with Crippen molar-refractivity contribution in [3.63, 3.8) is 0 Å².